The average molecular weight is 461 g/mol. The number of rotatable bonds is 5. The van der Waals surface area contributed by atoms with Gasteiger partial charge in [-0.15, -0.1) is 0 Å². The number of amides is 2. The van der Waals surface area contributed by atoms with Crippen LogP contribution in [0.1, 0.15) is 52.1 Å². The molecule has 176 valence electrons. The minimum atomic E-state index is -1.00. The van der Waals surface area contributed by atoms with Crippen molar-refractivity contribution >= 4 is 11.8 Å². The van der Waals surface area contributed by atoms with Gasteiger partial charge in [0, 0.05) is 56.0 Å². The Hall–Kier alpha value is -3.27. The number of aromatic nitrogens is 1. The summed E-state index contributed by atoms with van der Waals surface area (Å²) in [5.41, 5.74) is -1.54. The van der Waals surface area contributed by atoms with Crippen LogP contribution in [0.25, 0.3) is 0 Å². The van der Waals surface area contributed by atoms with Crippen LogP contribution < -0.4 is 10.7 Å². The second kappa shape index (κ2) is 9.30. The molecular formula is C23H25F2N3O5. The van der Waals surface area contributed by atoms with Gasteiger partial charge < -0.3 is 25.0 Å². The molecule has 1 fully saturated rings. The molecule has 0 radical (unpaired) electrons. The highest BCUT2D eigenvalue weighted by atomic mass is 19.1. The van der Waals surface area contributed by atoms with Gasteiger partial charge in [-0.05, 0) is 18.9 Å². The molecule has 0 saturated heterocycles. The maximum absolute atomic E-state index is 13.8. The highest BCUT2D eigenvalue weighted by Gasteiger charge is 2.38. The minimum absolute atomic E-state index is 0.0313. The third-order valence-corrected chi connectivity index (χ3v) is 6.50. The number of benzene rings is 1. The second-order valence-electron chi connectivity index (χ2n) is 8.47. The largest absolute Gasteiger partial charge is 0.503 e. The molecule has 4 rings (SSSR count). The molecule has 1 saturated carbocycles. The Morgan fingerprint density at radius 3 is 2.64 bits per heavy atom. The van der Waals surface area contributed by atoms with E-state index in [-0.39, 0.29) is 48.5 Å². The molecule has 1 aliphatic heterocycles. The fourth-order valence-corrected chi connectivity index (χ4v) is 4.73. The van der Waals surface area contributed by atoms with Crippen molar-refractivity contribution in [1.29, 1.82) is 0 Å². The number of aliphatic hydroxyl groups excluding tert-OH is 1. The van der Waals surface area contributed by atoms with E-state index < -0.39 is 34.6 Å². The lowest BCUT2D eigenvalue weighted by Gasteiger charge is -2.42. The number of aliphatic hydroxyl groups is 1. The smallest absolute Gasteiger partial charge is 0.274 e. The number of halogens is 2. The molecule has 10 heteroatoms. The number of nitrogens with zero attached hydrogens (tertiary/aromatic N) is 2. The van der Waals surface area contributed by atoms with Gasteiger partial charge in [-0.25, -0.2) is 8.78 Å². The number of carbonyl (C=O) groups excluding carboxylic acids is 2. The molecule has 2 aliphatic rings. The van der Waals surface area contributed by atoms with E-state index in [2.05, 4.69) is 5.32 Å². The summed E-state index contributed by atoms with van der Waals surface area (Å²) in [7, 11) is 0. The average Bonchev–Trinajstić information content (AvgIpc) is 2.80. The minimum Gasteiger partial charge on any atom is -0.503 e. The van der Waals surface area contributed by atoms with Crippen LogP contribution in [0.15, 0.2) is 29.2 Å². The molecule has 2 atom stereocenters. The first-order chi connectivity index (χ1) is 15.8. The highest BCUT2D eigenvalue weighted by molar-refractivity contribution is 5.99. The Morgan fingerprint density at radius 1 is 1.15 bits per heavy atom. The summed E-state index contributed by atoms with van der Waals surface area (Å²) in [5.74, 6) is -3.83. The van der Waals surface area contributed by atoms with Gasteiger partial charge in [-0.3, -0.25) is 14.4 Å². The predicted molar refractivity (Wildman–Crippen MR) is 114 cm³/mol. The number of carbonyl (C=O) groups is 2. The van der Waals surface area contributed by atoms with E-state index in [0.717, 1.165) is 31.7 Å². The molecule has 2 amide bonds. The second-order valence-corrected chi connectivity index (χ2v) is 8.47. The zero-order valence-electron chi connectivity index (χ0n) is 17.9. The molecule has 2 aromatic rings. The van der Waals surface area contributed by atoms with Gasteiger partial charge >= 0.3 is 0 Å². The molecule has 0 unspecified atom stereocenters. The maximum Gasteiger partial charge on any atom is 0.274 e. The Morgan fingerprint density at radius 2 is 1.91 bits per heavy atom. The van der Waals surface area contributed by atoms with Gasteiger partial charge in [0.15, 0.2) is 11.4 Å². The van der Waals surface area contributed by atoms with Crippen LogP contribution in [0, 0.1) is 17.6 Å². The van der Waals surface area contributed by atoms with Crippen LogP contribution in [0.3, 0.4) is 0 Å². The third kappa shape index (κ3) is 4.35. The van der Waals surface area contributed by atoms with Crippen molar-refractivity contribution in [1.82, 2.24) is 14.8 Å². The molecule has 33 heavy (non-hydrogen) atoms. The van der Waals surface area contributed by atoms with Crippen molar-refractivity contribution in [2.24, 2.45) is 5.92 Å². The van der Waals surface area contributed by atoms with E-state index >= 15 is 0 Å². The molecular weight excluding hydrogens is 436 g/mol. The molecule has 1 aliphatic carbocycles. The van der Waals surface area contributed by atoms with Crippen molar-refractivity contribution in [3.8, 4) is 5.75 Å². The van der Waals surface area contributed by atoms with E-state index in [4.69, 9.17) is 0 Å². The summed E-state index contributed by atoms with van der Waals surface area (Å²) in [6.07, 6.45) is 4.66. The summed E-state index contributed by atoms with van der Waals surface area (Å²) in [4.78, 5) is 40.0. The van der Waals surface area contributed by atoms with Crippen molar-refractivity contribution < 1.29 is 28.6 Å². The van der Waals surface area contributed by atoms with Gasteiger partial charge in [0.2, 0.25) is 5.43 Å². The lowest BCUT2D eigenvalue weighted by molar-refractivity contribution is 0.0359. The van der Waals surface area contributed by atoms with Crippen molar-refractivity contribution in [3.05, 3.63) is 63.1 Å². The number of fused-ring (bicyclic) bond motifs is 1. The summed E-state index contributed by atoms with van der Waals surface area (Å²) >= 11 is 0. The number of aromatic hydroxyl groups is 1. The molecule has 2 heterocycles. The van der Waals surface area contributed by atoms with Crippen LogP contribution in [-0.2, 0) is 13.1 Å². The van der Waals surface area contributed by atoms with Gasteiger partial charge in [0.05, 0.1) is 0 Å². The van der Waals surface area contributed by atoms with Gasteiger partial charge in [-0.2, -0.15) is 0 Å². The first kappa shape index (κ1) is 22.9. The maximum atomic E-state index is 13.8. The Balaban J connectivity index is 1.57. The van der Waals surface area contributed by atoms with Crippen molar-refractivity contribution in [2.75, 3.05) is 13.2 Å². The summed E-state index contributed by atoms with van der Waals surface area (Å²) in [6.45, 7) is 0.248. The van der Waals surface area contributed by atoms with Crippen molar-refractivity contribution in [2.45, 2.75) is 44.8 Å². The van der Waals surface area contributed by atoms with Crippen LogP contribution >= 0.6 is 0 Å². The number of hydrogen-bond donors (Lipinski definition) is 3. The quantitative estimate of drug-likeness (QED) is 0.629. The van der Waals surface area contributed by atoms with E-state index in [1.807, 2.05) is 0 Å². The Kier molecular flexibility index (Phi) is 6.46. The van der Waals surface area contributed by atoms with E-state index in [1.54, 1.807) is 4.90 Å². The molecule has 1 aromatic heterocycles. The standard InChI is InChI=1S/C23H25F2N3O5/c24-15-6-5-13(17(25)9-15)10-26-22(32)16-11-27-7-8-28(18-4-2-1-3-14(18)12-29)23(33)19(27)21(31)20(16)30/h5-6,9,11,14,18,29,31H,1-4,7-8,10,12H2,(H,26,32)/t14-,18-/m0/s1. The Bertz CT molecular complexity index is 1150. The zero-order chi connectivity index (χ0) is 23.7. The molecule has 0 bridgehead atoms. The summed E-state index contributed by atoms with van der Waals surface area (Å²) in [5, 5.41) is 22.6. The van der Waals surface area contributed by atoms with E-state index in [0.29, 0.717) is 12.6 Å². The lowest BCUT2D eigenvalue weighted by atomic mass is 9.83. The van der Waals surface area contributed by atoms with E-state index in [1.165, 1.54) is 16.8 Å². The van der Waals surface area contributed by atoms with Crippen molar-refractivity contribution in [3.63, 3.8) is 0 Å². The third-order valence-electron chi connectivity index (χ3n) is 6.50. The molecule has 8 nitrogen and oxygen atoms in total. The molecule has 3 N–H and O–H groups in total. The first-order valence-electron chi connectivity index (χ1n) is 10.9. The number of pyridine rings is 1. The fraction of sp³-hybridized carbons (Fsp3) is 0.435. The topological polar surface area (TPSA) is 112 Å². The van der Waals surface area contributed by atoms with Gasteiger partial charge in [-0.1, -0.05) is 18.9 Å². The van der Waals surface area contributed by atoms with Crippen LogP contribution in [0.5, 0.6) is 5.75 Å². The monoisotopic (exact) mass is 461 g/mol. The Labute approximate surface area is 188 Å². The predicted octanol–water partition coefficient (Wildman–Crippen LogP) is 1.77. The summed E-state index contributed by atoms with van der Waals surface area (Å²) in [6, 6.07) is 2.75. The van der Waals surface area contributed by atoms with E-state index in [9.17, 15) is 33.4 Å². The zero-order valence-corrected chi connectivity index (χ0v) is 17.9. The lowest BCUT2D eigenvalue weighted by Crippen LogP contribution is -2.52. The van der Waals surface area contributed by atoms with Crippen LogP contribution in [-0.4, -0.2) is 50.7 Å². The van der Waals surface area contributed by atoms with Crippen LogP contribution in [0.4, 0.5) is 8.78 Å². The highest BCUT2D eigenvalue weighted by Crippen LogP contribution is 2.31. The molecule has 1 aromatic carbocycles. The number of nitrogens with one attached hydrogen (secondary N) is 1. The molecule has 0 spiro atoms. The number of hydrogen-bond acceptors (Lipinski definition) is 5. The van der Waals surface area contributed by atoms with Crippen LogP contribution in [0.2, 0.25) is 0 Å². The SMILES string of the molecule is O=C(NCc1ccc(F)cc1F)c1cn2c(c(O)c1=O)C(=O)N([C@H]1CCCC[C@H]1CO)CC2. The van der Waals surface area contributed by atoms with Gasteiger partial charge in [0.25, 0.3) is 11.8 Å². The first-order valence-corrected chi connectivity index (χ1v) is 10.9. The normalized spacial score (nSPS) is 20.5. The summed E-state index contributed by atoms with van der Waals surface area (Å²) < 4.78 is 28.2. The van der Waals surface area contributed by atoms with Gasteiger partial charge in [0.1, 0.15) is 17.2 Å². The fourth-order valence-electron chi connectivity index (χ4n) is 4.73.